The first-order chi connectivity index (χ1) is 6.66. The lowest BCUT2D eigenvalue weighted by Gasteiger charge is -2.06. The average molecular weight is 200 g/mol. The molecule has 3 nitrogen and oxygen atoms in total. The molecule has 0 saturated carbocycles. The van der Waals surface area contributed by atoms with Gasteiger partial charge < -0.3 is 10.5 Å². The van der Waals surface area contributed by atoms with Crippen molar-refractivity contribution >= 4 is 5.84 Å². The quantitative estimate of drug-likeness (QED) is 0.371. The van der Waals surface area contributed by atoms with Gasteiger partial charge in [0, 0.05) is 19.6 Å². The Morgan fingerprint density at radius 2 is 2.07 bits per heavy atom. The van der Waals surface area contributed by atoms with Crippen molar-refractivity contribution in [2.45, 2.75) is 52.6 Å². The van der Waals surface area contributed by atoms with Crippen molar-refractivity contribution in [2.75, 3.05) is 13.2 Å². The van der Waals surface area contributed by atoms with Gasteiger partial charge in [0.25, 0.3) is 0 Å². The van der Waals surface area contributed by atoms with Crippen molar-refractivity contribution in [1.29, 1.82) is 0 Å². The second-order valence-corrected chi connectivity index (χ2v) is 3.75. The summed E-state index contributed by atoms with van der Waals surface area (Å²) < 4.78 is 5.42. The largest absolute Gasteiger partial charge is 0.387 e. The maximum absolute atomic E-state index is 5.67. The first kappa shape index (κ1) is 13.4. The zero-order chi connectivity index (χ0) is 10.8. The molecule has 0 fully saturated rings. The van der Waals surface area contributed by atoms with Crippen molar-refractivity contribution in [3.8, 4) is 0 Å². The molecule has 0 radical (unpaired) electrons. The topological polar surface area (TPSA) is 47.6 Å². The van der Waals surface area contributed by atoms with Gasteiger partial charge in [-0.2, -0.15) is 0 Å². The summed E-state index contributed by atoms with van der Waals surface area (Å²) in [5, 5.41) is 0. The van der Waals surface area contributed by atoms with Crippen LogP contribution in [0.2, 0.25) is 0 Å². The third kappa shape index (κ3) is 9.52. The summed E-state index contributed by atoms with van der Waals surface area (Å²) in [5.41, 5.74) is 5.67. The summed E-state index contributed by atoms with van der Waals surface area (Å²) in [6, 6.07) is 0. The summed E-state index contributed by atoms with van der Waals surface area (Å²) in [6.07, 6.45) is 4.47. The second-order valence-electron chi connectivity index (χ2n) is 3.75. The Balaban J connectivity index is 3.24. The van der Waals surface area contributed by atoms with Gasteiger partial charge in [-0.3, -0.25) is 4.99 Å². The summed E-state index contributed by atoms with van der Waals surface area (Å²) in [4.78, 5) is 4.27. The number of ether oxygens (including phenoxy) is 1. The molecule has 0 bridgehead atoms. The third-order valence-electron chi connectivity index (χ3n) is 1.82. The number of hydrogen-bond acceptors (Lipinski definition) is 2. The lowest BCUT2D eigenvalue weighted by atomic mass is 10.3. The van der Waals surface area contributed by atoms with Crippen molar-refractivity contribution in [1.82, 2.24) is 0 Å². The summed E-state index contributed by atoms with van der Waals surface area (Å²) in [7, 11) is 0. The molecular weight excluding hydrogens is 176 g/mol. The van der Waals surface area contributed by atoms with Crippen LogP contribution < -0.4 is 5.73 Å². The fourth-order valence-corrected chi connectivity index (χ4v) is 1.09. The molecule has 0 aromatic rings. The first-order valence-corrected chi connectivity index (χ1v) is 5.57. The fourth-order valence-electron chi connectivity index (χ4n) is 1.09. The van der Waals surface area contributed by atoms with E-state index in [1.807, 2.05) is 0 Å². The van der Waals surface area contributed by atoms with Gasteiger partial charge in [-0.25, -0.2) is 0 Å². The van der Waals surface area contributed by atoms with Crippen molar-refractivity contribution in [3.63, 3.8) is 0 Å². The highest BCUT2D eigenvalue weighted by atomic mass is 16.5. The van der Waals surface area contributed by atoms with Crippen LogP contribution in [-0.2, 0) is 4.74 Å². The van der Waals surface area contributed by atoms with Gasteiger partial charge in [0.2, 0.25) is 0 Å². The molecule has 0 atom stereocenters. The van der Waals surface area contributed by atoms with Gasteiger partial charge in [0.15, 0.2) is 0 Å². The molecule has 0 heterocycles. The Morgan fingerprint density at radius 1 is 1.36 bits per heavy atom. The highest BCUT2D eigenvalue weighted by Crippen LogP contribution is 1.95. The van der Waals surface area contributed by atoms with E-state index in [1.54, 1.807) is 0 Å². The van der Waals surface area contributed by atoms with E-state index in [2.05, 4.69) is 25.8 Å². The van der Waals surface area contributed by atoms with Gasteiger partial charge in [-0.15, -0.1) is 0 Å². The van der Waals surface area contributed by atoms with Gasteiger partial charge in [-0.1, -0.05) is 6.92 Å². The summed E-state index contributed by atoms with van der Waals surface area (Å²) in [5.74, 6) is 0.789. The van der Waals surface area contributed by atoms with E-state index < -0.39 is 0 Å². The van der Waals surface area contributed by atoms with Gasteiger partial charge in [-0.05, 0) is 33.1 Å². The maximum Gasteiger partial charge on any atom is 0.0936 e. The van der Waals surface area contributed by atoms with E-state index in [9.17, 15) is 0 Å². The van der Waals surface area contributed by atoms with Gasteiger partial charge >= 0.3 is 0 Å². The van der Waals surface area contributed by atoms with Crippen LogP contribution in [0, 0.1) is 0 Å². The zero-order valence-corrected chi connectivity index (χ0v) is 9.75. The standard InChI is InChI=1S/C11H24N2O/c1-4-7-11(12)13-8-5-6-9-14-10(2)3/h10H,4-9H2,1-3H3,(H2,12,13). The molecule has 14 heavy (non-hydrogen) atoms. The van der Waals surface area contributed by atoms with Crippen LogP contribution >= 0.6 is 0 Å². The van der Waals surface area contributed by atoms with Crippen LogP contribution in [0.1, 0.15) is 46.5 Å². The Labute approximate surface area is 87.7 Å². The molecule has 0 aromatic carbocycles. The zero-order valence-electron chi connectivity index (χ0n) is 9.75. The Kier molecular flexibility index (Phi) is 8.64. The molecule has 0 aliphatic carbocycles. The average Bonchev–Trinajstić information content (AvgIpc) is 2.11. The SMILES string of the molecule is CCCC(N)=NCCCCOC(C)C. The number of nitrogens with zero attached hydrogens (tertiary/aromatic N) is 1. The van der Waals surface area contributed by atoms with Crippen molar-refractivity contribution in [3.05, 3.63) is 0 Å². The van der Waals surface area contributed by atoms with Crippen molar-refractivity contribution in [2.24, 2.45) is 10.7 Å². The van der Waals surface area contributed by atoms with Crippen LogP contribution in [-0.4, -0.2) is 25.1 Å². The van der Waals surface area contributed by atoms with E-state index in [1.165, 1.54) is 0 Å². The van der Waals surface area contributed by atoms with Gasteiger partial charge in [0.05, 0.1) is 11.9 Å². The molecule has 0 rings (SSSR count). The normalized spacial score (nSPS) is 12.4. The molecule has 3 heteroatoms. The lowest BCUT2D eigenvalue weighted by molar-refractivity contribution is 0.0764. The third-order valence-corrected chi connectivity index (χ3v) is 1.82. The number of nitrogens with two attached hydrogens (primary N) is 1. The molecule has 0 aromatic heterocycles. The van der Waals surface area contributed by atoms with Crippen LogP contribution in [0.4, 0.5) is 0 Å². The minimum absolute atomic E-state index is 0.337. The van der Waals surface area contributed by atoms with E-state index in [0.29, 0.717) is 6.10 Å². The molecule has 84 valence electrons. The maximum atomic E-state index is 5.67. The van der Waals surface area contributed by atoms with Crippen LogP contribution in [0.3, 0.4) is 0 Å². The van der Waals surface area contributed by atoms with E-state index in [4.69, 9.17) is 10.5 Å². The predicted octanol–water partition coefficient (Wildman–Crippen LogP) is 2.35. The summed E-state index contributed by atoms with van der Waals surface area (Å²) in [6.45, 7) is 7.89. The molecule has 0 saturated heterocycles. The van der Waals surface area contributed by atoms with E-state index in [-0.39, 0.29) is 0 Å². The van der Waals surface area contributed by atoms with E-state index >= 15 is 0 Å². The summed E-state index contributed by atoms with van der Waals surface area (Å²) >= 11 is 0. The molecule has 0 aliphatic rings. The number of rotatable bonds is 8. The molecule has 0 aliphatic heterocycles. The minimum Gasteiger partial charge on any atom is -0.387 e. The van der Waals surface area contributed by atoms with Crippen LogP contribution in [0.25, 0.3) is 0 Å². The highest BCUT2D eigenvalue weighted by molar-refractivity contribution is 5.80. The highest BCUT2D eigenvalue weighted by Gasteiger charge is 1.93. The van der Waals surface area contributed by atoms with Crippen molar-refractivity contribution < 1.29 is 4.74 Å². The number of hydrogen-bond donors (Lipinski definition) is 1. The Morgan fingerprint density at radius 3 is 2.64 bits per heavy atom. The van der Waals surface area contributed by atoms with Crippen LogP contribution in [0.15, 0.2) is 4.99 Å². The van der Waals surface area contributed by atoms with E-state index in [0.717, 1.165) is 44.7 Å². The van der Waals surface area contributed by atoms with Gasteiger partial charge in [0.1, 0.15) is 0 Å². The minimum atomic E-state index is 0.337. The Hall–Kier alpha value is -0.570. The number of unbranched alkanes of at least 4 members (excludes halogenated alkanes) is 1. The monoisotopic (exact) mass is 200 g/mol. The Bertz CT molecular complexity index is 155. The number of aliphatic imine (C=N–C) groups is 1. The molecular formula is C11H24N2O. The predicted molar refractivity (Wildman–Crippen MR) is 61.7 cm³/mol. The first-order valence-electron chi connectivity index (χ1n) is 5.57. The molecule has 0 unspecified atom stereocenters. The smallest absolute Gasteiger partial charge is 0.0936 e. The molecule has 2 N–H and O–H groups in total. The fraction of sp³-hybridized carbons (Fsp3) is 0.909. The molecule has 0 amide bonds. The molecule has 0 spiro atoms. The lowest BCUT2D eigenvalue weighted by Crippen LogP contribution is -2.11. The van der Waals surface area contributed by atoms with Crippen LogP contribution in [0.5, 0.6) is 0 Å². The number of amidine groups is 1. The second kappa shape index (κ2) is 9.00.